The molecule has 214 valence electrons. The fourth-order valence-electron chi connectivity index (χ4n) is 4.50. The van der Waals surface area contributed by atoms with Crippen molar-refractivity contribution in [2.24, 2.45) is 0 Å². The molecule has 1 aliphatic heterocycles. The van der Waals surface area contributed by atoms with Crippen LogP contribution in [0.1, 0.15) is 60.8 Å². The van der Waals surface area contributed by atoms with Crippen molar-refractivity contribution >= 4 is 11.9 Å². The molecule has 10 heteroatoms. The van der Waals surface area contributed by atoms with Gasteiger partial charge in [-0.3, -0.25) is 14.2 Å². The third-order valence-electron chi connectivity index (χ3n) is 6.77. The monoisotopic (exact) mass is 543 g/mol. The van der Waals surface area contributed by atoms with Gasteiger partial charge < -0.3 is 29.5 Å². The number of amides is 1. The Balaban J connectivity index is 1.81. The number of hydrogen-bond donors (Lipinski definition) is 2. The number of likely N-dealkylation sites (N-methyl/N-ethyl adjacent to an activating group) is 1. The average Bonchev–Trinajstić information content (AvgIpc) is 3.34. The van der Waals surface area contributed by atoms with E-state index in [1.54, 1.807) is 44.3 Å². The summed E-state index contributed by atoms with van der Waals surface area (Å²) in [5.74, 6) is -0.769. The number of nitrogens with zero attached hydrogens (tertiary/aromatic N) is 2. The summed E-state index contributed by atoms with van der Waals surface area (Å²) in [4.78, 5) is 40.5. The van der Waals surface area contributed by atoms with E-state index in [-0.39, 0.29) is 23.8 Å². The molecule has 1 fully saturated rings. The number of aromatic hydroxyl groups is 1. The zero-order valence-electron chi connectivity index (χ0n) is 23.5. The summed E-state index contributed by atoms with van der Waals surface area (Å²) in [5, 5.41) is 13.4. The first-order valence-corrected chi connectivity index (χ1v) is 13.5. The molecule has 1 aromatic carbocycles. The minimum Gasteiger partial charge on any atom is -0.507 e. The Kier molecular flexibility index (Phi) is 11.1. The molecule has 4 atom stereocenters. The molecule has 2 heterocycles. The van der Waals surface area contributed by atoms with Crippen LogP contribution in [0.5, 0.6) is 5.75 Å². The third kappa shape index (κ3) is 8.14. The molecule has 0 spiro atoms. The van der Waals surface area contributed by atoms with E-state index in [4.69, 9.17) is 14.2 Å². The molecule has 10 nitrogen and oxygen atoms in total. The maximum absolute atomic E-state index is 13.5. The average molecular weight is 544 g/mol. The number of esters is 1. The van der Waals surface area contributed by atoms with E-state index in [0.717, 1.165) is 12.8 Å². The molecule has 0 radical (unpaired) electrons. The van der Waals surface area contributed by atoms with Crippen LogP contribution in [0.2, 0.25) is 0 Å². The first kappa shape index (κ1) is 30.3. The Hall–Kier alpha value is -3.21. The zero-order valence-corrected chi connectivity index (χ0v) is 23.5. The first-order chi connectivity index (χ1) is 18.6. The second-order valence-corrected chi connectivity index (χ2v) is 10.2. The van der Waals surface area contributed by atoms with E-state index in [1.807, 2.05) is 32.0 Å². The summed E-state index contributed by atoms with van der Waals surface area (Å²) in [6.45, 7) is 6.43. The summed E-state index contributed by atoms with van der Waals surface area (Å²) in [5.41, 5.74) is 0.923. The molecular formula is C29H41N3O7. The fourth-order valence-corrected chi connectivity index (χ4v) is 4.50. The van der Waals surface area contributed by atoms with E-state index in [9.17, 15) is 19.5 Å². The minimum atomic E-state index is -0.866. The Morgan fingerprint density at radius 1 is 1.26 bits per heavy atom. The van der Waals surface area contributed by atoms with Crippen LogP contribution in [-0.2, 0) is 25.4 Å². The Morgan fingerprint density at radius 2 is 1.97 bits per heavy atom. The van der Waals surface area contributed by atoms with Crippen molar-refractivity contribution in [2.45, 2.75) is 71.0 Å². The lowest BCUT2D eigenvalue weighted by atomic mass is 10.1. The van der Waals surface area contributed by atoms with Crippen molar-refractivity contribution in [1.29, 1.82) is 0 Å². The number of carbonyl (C=O) groups excluding carboxylic acids is 2. The summed E-state index contributed by atoms with van der Waals surface area (Å²) < 4.78 is 19.4. The van der Waals surface area contributed by atoms with Gasteiger partial charge in [0.15, 0.2) is 6.23 Å². The second-order valence-electron chi connectivity index (χ2n) is 10.2. The molecular weight excluding hydrogens is 502 g/mol. The number of rotatable bonds is 13. The second kappa shape index (κ2) is 14.3. The highest BCUT2D eigenvalue weighted by Gasteiger charge is 2.42. The van der Waals surface area contributed by atoms with Crippen molar-refractivity contribution < 1.29 is 28.9 Å². The van der Waals surface area contributed by atoms with E-state index in [2.05, 4.69) is 5.32 Å². The molecule has 1 saturated heterocycles. The predicted octanol–water partition coefficient (Wildman–Crippen LogP) is 2.80. The highest BCUT2D eigenvalue weighted by Crippen LogP contribution is 2.34. The Bertz CT molecular complexity index is 1170. The van der Waals surface area contributed by atoms with Crippen molar-refractivity contribution in [3.63, 3.8) is 0 Å². The van der Waals surface area contributed by atoms with Crippen LogP contribution in [0, 0.1) is 6.92 Å². The standard InChI is InChI=1S/C29H41N3O7/c1-6-7-13-22-26(34)19(2)17-32(27(22)35)28-24(37-18-25(33)30-14-15-31(4)5)16-23(39-28)20(3)38-29(36)21-11-9-8-10-12-21/h8-12,17,20,23-24,28,34H,6-7,13-16,18H2,1-5H3,(H,30,33). The van der Waals surface area contributed by atoms with Crippen molar-refractivity contribution in [1.82, 2.24) is 14.8 Å². The van der Waals surface area contributed by atoms with Gasteiger partial charge in [0.25, 0.3) is 5.56 Å². The lowest BCUT2D eigenvalue weighted by molar-refractivity contribution is -0.131. The quantitative estimate of drug-likeness (QED) is 0.370. The number of ether oxygens (including phenoxy) is 3. The largest absolute Gasteiger partial charge is 0.507 e. The van der Waals surface area contributed by atoms with E-state index in [1.165, 1.54) is 4.57 Å². The Morgan fingerprint density at radius 3 is 2.64 bits per heavy atom. The summed E-state index contributed by atoms with van der Waals surface area (Å²) in [6, 6.07) is 8.67. The van der Waals surface area contributed by atoms with Gasteiger partial charge in [0, 0.05) is 31.3 Å². The van der Waals surface area contributed by atoms with Gasteiger partial charge in [-0.05, 0) is 52.9 Å². The number of aromatic nitrogens is 1. The van der Waals surface area contributed by atoms with Crippen molar-refractivity contribution in [3.8, 4) is 5.75 Å². The molecule has 0 bridgehead atoms. The van der Waals surface area contributed by atoms with Gasteiger partial charge in [0.1, 0.15) is 24.6 Å². The van der Waals surface area contributed by atoms with Crippen LogP contribution in [0.25, 0.3) is 0 Å². The highest BCUT2D eigenvalue weighted by molar-refractivity contribution is 5.89. The zero-order chi connectivity index (χ0) is 28.5. The topological polar surface area (TPSA) is 119 Å². The van der Waals surface area contributed by atoms with Gasteiger partial charge in [-0.2, -0.15) is 0 Å². The van der Waals surface area contributed by atoms with Crippen LogP contribution >= 0.6 is 0 Å². The molecule has 0 saturated carbocycles. The maximum Gasteiger partial charge on any atom is 0.338 e. The molecule has 4 unspecified atom stereocenters. The van der Waals surface area contributed by atoms with Crippen LogP contribution in [0.15, 0.2) is 41.3 Å². The number of pyridine rings is 1. The molecule has 3 rings (SSSR count). The summed E-state index contributed by atoms with van der Waals surface area (Å²) in [7, 11) is 3.84. The molecule has 1 aliphatic rings. The Labute approximate surface area is 229 Å². The van der Waals surface area contributed by atoms with Gasteiger partial charge in [-0.1, -0.05) is 31.5 Å². The minimum absolute atomic E-state index is 0.0119. The maximum atomic E-state index is 13.5. The molecule has 1 aromatic heterocycles. The molecule has 0 aliphatic carbocycles. The molecule has 2 aromatic rings. The lowest BCUT2D eigenvalue weighted by Crippen LogP contribution is -2.37. The third-order valence-corrected chi connectivity index (χ3v) is 6.77. The smallest absolute Gasteiger partial charge is 0.338 e. The van der Waals surface area contributed by atoms with Gasteiger partial charge in [0.05, 0.1) is 17.2 Å². The number of hydrogen-bond acceptors (Lipinski definition) is 8. The van der Waals surface area contributed by atoms with Gasteiger partial charge in [-0.15, -0.1) is 0 Å². The number of nitrogens with one attached hydrogen (secondary N) is 1. The van der Waals surface area contributed by atoms with Crippen molar-refractivity contribution in [2.75, 3.05) is 33.8 Å². The number of aryl methyl sites for hydroxylation is 1. The van der Waals surface area contributed by atoms with Gasteiger partial charge in [0.2, 0.25) is 5.91 Å². The van der Waals surface area contributed by atoms with E-state index >= 15 is 0 Å². The fraction of sp³-hybridized carbons (Fsp3) is 0.552. The molecule has 1 amide bonds. The van der Waals surface area contributed by atoms with Gasteiger partial charge in [-0.25, -0.2) is 4.79 Å². The summed E-state index contributed by atoms with van der Waals surface area (Å²) in [6.07, 6.45) is 1.16. The number of unbranched alkanes of at least 4 members (excludes halogenated alkanes) is 1. The lowest BCUT2D eigenvalue weighted by Gasteiger charge is -2.24. The molecule has 39 heavy (non-hydrogen) atoms. The van der Waals surface area contributed by atoms with Crippen molar-refractivity contribution in [3.05, 3.63) is 63.6 Å². The predicted molar refractivity (Wildman–Crippen MR) is 147 cm³/mol. The van der Waals surface area contributed by atoms with E-state index < -0.39 is 30.5 Å². The number of carbonyl (C=O) groups is 2. The SMILES string of the molecule is CCCCc1c(O)c(C)cn(C2OC(C(C)OC(=O)c3ccccc3)CC2OCC(=O)NCCN(C)C)c1=O. The molecule has 2 N–H and O–H groups in total. The van der Waals surface area contributed by atoms with Crippen LogP contribution < -0.4 is 10.9 Å². The number of benzene rings is 1. The normalized spacial score (nSPS) is 19.7. The summed E-state index contributed by atoms with van der Waals surface area (Å²) >= 11 is 0. The first-order valence-electron chi connectivity index (χ1n) is 13.5. The van der Waals surface area contributed by atoms with E-state index in [0.29, 0.717) is 42.6 Å². The highest BCUT2D eigenvalue weighted by atomic mass is 16.6. The van der Waals surface area contributed by atoms with Crippen LogP contribution in [-0.4, -0.2) is 78.6 Å². The van der Waals surface area contributed by atoms with Crippen LogP contribution in [0.3, 0.4) is 0 Å². The van der Waals surface area contributed by atoms with Crippen LogP contribution in [0.4, 0.5) is 0 Å². The van der Waals surface area contributed by atoms with Gasteiger partial charge >= 0.3 is 5.97 Å².